The largest absolute Gasteiger partial charge is 0.465 e. The molecule has 0 aromatic heterocycles. The molecule has 2 unspecified atom stereocenters. The standard InChI is InChI=1S/C17H26O3/c1-3-5-7-8-10-20-17(19)13-15-12-16(18)11-14(15)9-6-4-2/h4-7,14-15H,3,8-13H2,1-2H3. The van der Waals surface area contributed by atoms with Crippen LogP contribution in [0.15, 0.2) is 24.3 Å². The number of Topliss-reactive ketones (excluding diaryl/α,β-unsaturated/α-hetero) is 1. The summed E-state index contributed by atoms with van der Waals surface area (Å²) >= 11 is 0. The van der Waals surface area contributed by atoms with Crippen LogP contribution in [0, 0.1) is 11.8 Å². The van der Waals surface area contributed by atoms with Gasteiger partial charge < -0.3 is 4.74 Å². The van der Waals surface area contributed by atoms with Gasteiger partial charge in [-0.1, -0.05) is 31.2 Å². The Bertz CT molecular complexity index is 368. The molecule has 0 aromatic rings. The van der Waals surface area contributed by atoms with Crippen molar-refractivity contribution < 1.29 is 14.3 Å². The Morgan fingerprint density at radius 2 is 2.00 bits per heavy atom. The Balaban J connectivity index is 2.31. The zero-order valence-electron chi connectivity index (χ0n) is 12.6. The molecule has 0 N–H and O–H groups in total. The van der Waals surface area contributed by atoms with Crippen LogP contribution in [0.25, 0.3) is 0 Å². The van der Waals surface area contributed by atoms with Gasteiger partial charge in [0.05, 0.1) is 6.61 Å². The molecule has 0 amide bonds. The van der Waals surface area contributed by atoms with E-state index in [0.29, 0.717) is 31.8 Å². The molecule has 0 radical (unpaired) electrons. The Hall–Kier alpha value is -1.38. The van der Waals surface area contributed by atoms with E-state index in [1.54, 1.807) is 0 Å². The molecular formula is C17H26O3. The van der Waals surface area contributed by atoms with Crippen LogP contribution in [0.4, 0.5) is 0 Å². The number of ketones is 1. The van der Waals surface area contributed by atoms with Gasteiger partial charge in [-0.25, -0.2) is 0 Å². The molecule has 112 valence electrons. The molecule has 2 atom stereocenters. The highest BCUT2D eigenvalue weighted by atomic mass is 16.5. The summed E-state index contributed by atoms with van der Waals surface area (Å²) in [5.41, 5.74) is 0. The summed E-state index contributed by atoms with van der Waals surface area (Å²) in [4.78, 5) is 23.3. The smallest absolute Gasteiger partial charge is 0.306 e. The second kappa shape index (κ2) is 9.51. The molecule has 0 aliphatic heterocycles. The first-order valence-electron chi connectivity index (χ1n) is 7.60. The second-order valence-corrected chi connectivity index (χ2v) is 5.36. The van der Waals surface area contributed by atoms with Crippen molar-refractivity contribution in [3.63, 3.8) is 0 Å². The average molecular weight is 278 g/mol. The minimum absolute atomic E-state index is 0.164. The van der Waals surface area contributed by atoms with Gasteiger partial charge in [0.15, 0.2) is 0 Å². The molecule has 1 rings (SSSR count). The molecule has 1 aliphatic rings. The molecule has 1 aliphatic carbocycles. The maximum absolute atomic E-state index is 11.8. The maximum Gasteiger partial charge on any atom is 0.306 e. The van der Waals surface area contributed by atoms with E-state index in [1.807, 2.05) is 19.1 Å². The van der Waals surface area contributed by atoms with Gasteiger partial charge in [-0.3, -0.25) is 9.59 Å². The van der Waals surface area contributed by atoms with E-state index in [4.69, 9.17) is 4.74 Å². The third-order valence-corrected chi connectivity index (χ3v) is 3.70. The van der Waals surface area contributed by atoms with Crippen molar-refractivity contribution in [2.45, 2.75) is 52.4 Å². The van der Waals surface area contributed by atoms with Gasteiger partial charge in [0.2, 0.25) is 0 Å². The summed E-state index contributed by atoms with van der Waals surface area (Å²) < 4.78 is 5.22. The zero-order chi connectivity index (χ0) is 14.8. The van der Waals surface area contributed by atoms with Crippen LogP contribution in [-0.2, 0) is 14.3 Å². The van der Waals surface area contributed by atoms with Crippen LogP contribution in [0.5, 0.6) is 0 Å². The van der Waals surface area contributed by atoms with Gasteiger partial charge in [0.25, 0.3) is 0 Å². The van der Waals surface area contributed by atoms with Crippen LogP contribution in [0.2, 0.25) is 0 Å². The molecule has 0 saturated heterocycles. The fourth-order valence-electron chi connectivity index (χ4n) is 2.63. The molecule has 0 heterocycles. The first-order chi connectivity index (χ1) is 9.67. The van der Waals surface area contributed by atoms with E-state index < -0.39 is 0 Å². The summed E-state index contributed by atoms with van der Waals surface area (Å²) in [5.74, 6) is 0.590. The maximum atomic E-state index is 11.8. The highest BCUT2D eigenvalue weighted by Gasteiger charge is 2.33. The van der Waals surface area contributed by atoms with Gasteiger partial charge in [0.1, 0.15) is 5.78 Å². The number of carbonyl (C=O) groups excluding carboxylic acids is 2. The van der Waals surface area contributed by atoms with Crippen molar-refractivity contribution in [3.8, 4) is 0 Å². The summed E-state index contributed by atoms with van der Waals surface area (Å²) in [6.07, 6.45) is 12.4. The number of carbonyl (C=O) groups is 2. The number of ether oxygens (including phenoxy) is 1. The SMILES string of the molecule is CC=CCC1CC(=O)CC1CC(=O)OCCC=CCC. The lowest BCUT2D eigenvalue weighted by Crippen LogP contribution is -2.15. The zero-order valence-corrected chi connectivity index (χ0v) is 12.6. The average Bonchev–Trinajstić information content (AvgIpc) is 2.76. The molecule has 3 heteroatoms. The van der Waals surface area contributed by atoms with Crippen molar-refractivity contribution in [1.82, 2.24) is 0 Å². The van der Waals surface area contributed by atoms with Crippen LogP contribution in [-0.4, -0.2) is 18.4 Å². The molecule has 1 saturated carbocycles. The monoisotopic (exact) mass is 278 g/mol. The molecule has 3 nitrogen and oxygen atoms in total. The Morgan fingerprint density at radius 1 is 1.25 bits per heavy atom. The first kappa shape index (κ1) is 16.7. The molecular weight excluding hydrogens is 252 g/mol. The third kappa shape index (κ3) is 6.18. The predicted octanol–water partition coefficient (Wildman–Crippen LogP) is 3.84. The number of rotatable bonds is 8. The van der Waals surface area contributed by atoms with Crippen LogP contribution in [0.1, 0.15) is 52.4 Å². The molecule has 1 fully saturated rings. The predicted molar refractivity (Wildman–Crippen MR) is 80.3 cm³/mol. The number of allylic oxidation sites excluding steroid dienone is 3. The quantitative estimate of drug-likeness (QED) is 0.385. The van der Waals surface area contributed by atoms with Crippen molar-refractivity contribution in [3.05, 3.63) is 24.3 Å². The molecule has 20 heavy (non-hydrogen) atoms. The Morgan fingerprint density at radius 3 is 2.70 bits per heavy atom. The van der Waals surface area contributed by atoms with E-state index in [0.717, 1.165) is 19.3 Å². The highest BCUT2D eigenvalue weighted by molar-refractivity contribution is 5.82. The van der Waals surface area contributed by atoms with E-state index in [-0.39, 0.29) is 17.7 Å². The number of hydrogen-bond donors (Lipinski definition) is 0. The van der Waals surface area contributed by atoms with Gasteiger partial charge in [-0.05, 0) is 38.0 Å². The lowest BCUT2D eigenvalue weighted by atomic mass is 9.90. The summed E-state index contributed by atoms with van der Waals surface area (Å²) in [6.45, 7) is 4.49. The summed E-state index contributed by atoms with van der Waals surface area (Å²) in [6, 6.07) is 0. The van der Waals surface area contributed by atoms with Crippen molar-refractivity contribution >= 4 is 11.8 Å². The van der Waals surface area contributed by atoms with Gasteiger partial charge in [0, 0.05) is 19.3 Å². The Labute approximate surface area is 122 Å². The van der Waals surface area contributed by atoms with E-state index in [9.17, 15) is 9.59 Å². The summed E-state index contributed by atoms with van der Waals surface area (Å²) in [7, 11) is 0. The molecule has 0 aromatic carbocycles. The van der Waals surface area contributed by atoms with Crippen molar-refractivity contribution in [2.24, 2.45) is 11.8 Å². The molecule has 0 spiro atoms. The first-order valence-corrected chi connectivity index (χ1v) is 7.60. The number of esters is 1. The third-order valence-electron chi connectivity index (χ3n) is 3.70. The Kier molecular flexibility index (Phi) is 7.93. The fraction of sp³-hybridized carbons (Fsp3) is 0.647. The normalized spacial score (nSPS) is 23.0. The topological polar surface area (TPSA) is 43.4 Å². The van der Waals surface area contributed by atoms with Crippen LogP contribution >= 0.6 is 0 Å². The number of hydrogen-bond acceptors (Lipinski definition) is 3. The molecule has 0 bridgehead atoms. The van der Waals surface area contributed by atoms with Crippen molar-refractivity contribution in [2.75, 3.05) is 6.61 Å². The van der Waals surface area contributed by atoms with Gasteiger partial charge in [-0.15, -0.1) is 0 Å². The second-order valence-electron chi connectivity index (χ2n) is 5.36. The van der Waals surface area contributed by atoms with Crippen molar-refractivity contribution in [1.29, 1.82) is 0 Å². The lowest BCUT2D eigenvalue weighted by Gasteiger charge is -2.16. The van der Waals surface area contributed by atoms with Gasteiger partial charge in [-0.2, -0.15) is 0 Å². The lowest BCUT2D eigenvalue weighted by molar-refractivity contribution is -0.144. The summed E-state index contributed by atoms with van der Waals surface area (Å²) in [5, 5.41) is 0. The van der Waals surface area contributed by atoms with E-state index in [1.165, 1.54) is 0 Å². The van der Waals surface area contributed by atoms with Gasteiger partial charge >= 0.3 is 5.97 Å². The minimum atomic E-state index is -0.167. The van der Waals surface area contributed by atoms with Crippen LogP contribution < -0.4 is 0 Å². The van der Waals surface area contributed by atoms with E-state index >= 15 is 0 Å². The fourth-order valence-corrected chi connectivity index (χ4v) is 2.63. The van der Waals surface area contributed by atoms with E-state index in [2.05, 4.69) is 19.1 Å². The van der Waals surface area contributed by atoms with Crippen LogP contribution in [0.3, 0.4) is 0 Å². The highest BCUT2D eigenvalue weighted by Crippen LogP contribution is 2.34. The minimum Gasteiger partial charge on any atom is -0.465 e.